The Morgan fingerprint density at radius 1 is 1.43 bits per heavy atom. The molecule has 2 heterocycles. The fourth-order valence-electron chi connectivity index (χ4n) is 3.58. The first-order valence-electron chi connectivity index (χ1n) is 7.63. The molecule has 6 nitrogen and oxygen atoms in total. The number of sulfonamides is 1. The van der Waals surface area contributed by atoms with E-state index in [1.54, 1.807) is 12.2 Å². The van der Waals surface area contributed by atoms with Gasteiger partial charge in [-0.3, -0.25) is 4.98 Å². The lowest BCUT2D eigenvalue weighted by atomic mass is 9.68. The van der Waals surface area contributed by atoms with Crippen molar-refractivity contribution in [3.63, 3.8) is 0 Å². The molecule has 0 bridgehead atoms. The van der Waals surface area contributed by atoms with Crippen LogP contribution in [0, 0.1) is 5.92 Å². The predicted molar refractivity (Wildman–Crippen MR) is 88.0 cm³/mol. The Morgan fingerprint density at radius 2 is 2.22 bits per heavy atom. The van der Waals surface area contributed by atoms with E-state index in [0.717, 1.165) is 41.7 Å². The zero-order valence-corrected chi connectivity index (χ0v) is 13.5. The van der Waals surface area contributed by atoms with E-state index in [1.165, 1.54) is 6.26 Å². The third-order valence-electron chi connectivity index (χ3n) is 4.58. The molecule has 0 radical (unpaired) electrons. The van der Waals surface area contributed by atoms with Gasteiger partial charge in [0.25, 0.3) is 0 Å². The molecule has 1 saturated carbocycles. The third kappa shape index (κ3) is 2.71. The Balaban J connectivity index is 1.64. The smallest absolute Gasteiger partial charge is 0.531 e. The molecule has 0 saturated heterocycles. The monoisotopic (exact) mass is 332 g/mol. The van der Waals surface area contributed by atoms with Crippen molar-refractivity contribution in [1.29, 1.82) is 0 Å². The predicted octanol–water partition coefficient (Wildman–Crippen LogP) is 0.774. The number of pyridine rings is 1. The van der Waals surface area contributed by atoms with Gasteiger partial charge >= 0.3 is 7.12 Å². The van der Waals surface area contributed by atoms with E-state index in [2.05, 4.69) is 15.8 Å². The maximum Gasteiger partial charge on any atom is 0.552 e. The summed E-state index contributed by atoms with van der Waals surface area (Å²) < 4.78 is 30.8. The lowest BCUT2D eigenvalue weighted by molar-refractivity contribution is 0.309. The van der Waals surface area contributed by atoms with Crippen LogP contribution in [0.3, 0.4) is 0 Å². The number of allylic oxidation sites excluding steroid dienone is 2. The van der Waals surface area contributed by atoms with Crippen LogP contribution < -0.4 is 9.38 Å². The minimum absolute atomic E-state index is 0.0373. The van der Waals surface area contributed by atoms with Gasteiger partial charge in [0, 0.05) is 23.6 Å². The van der Waals surface area contributed by atoms with Crippen LogP contribution in [0.4, 0.5) is 0 Å². The minimum Gasteiger partial charge on any atom is -0.531 e. The summed E-state index contributed by atoms with van der Waals surface area (Å²) in [7, 11) is -4.17. The molecule has 120 valence electrons. The SMILES string of the molecule is CS(=O)(=O)NC1CC(C2=CB(O)Oc3cnc4c(c32)C=CC4)C1. The topological polar surface area (TPSA) is 88.5 Å². The van der Waals surface area contributed by atoms with Gasteiger partial charge in [-0.25, -0.2) is 13.1 Å². The zero-order valence-electron chi connectivity index (χ0n) is 12.7. The summed E-state index contributed by atoms with van der Waals surface area (Å²) in [5.41, 5.74) is 4.10. The molecule has 2 N–H and O–H groups in total. The molecular formula is C15H17BN2O4S. The summed E-state index contributed by atoms with van der Waals surface area (Å²) in [5, 5.41) is 9.94. The highest BCUT2D eigenvalue weighted by Crippen LogP contribution is 2.46. The van der Waals surface area contributed by atoms with Gasteiger partial charge in [-0.1, -0.05) is 12.2 Å². The average Bonchev–Trinajstić information content (AvgIpc) is 2.88. The Bertz CT molecular complexity index is 828. The maximum absolute atomic E-state index is 11.3. The summed E-state index contributed by atoms with van der Waals surface area (Å²) in [5.74, 6) is 2.54. The van der Waals surface area contributed by atoms with Gasteiger partial charge in [-0.05, 0) is 30.3 Å². The van der Waals surface area contributed by atoms with E-state index in [9.17, 15) is 13.4 Å². The molecule has 0 aromatic carbocycles. The maximum atomic E-state index is 11.3. The van der Waals surface area contributed by atoms with Crippen LogP contribution in [-0.2, 0) is 16.4 Å². The van der Waals surface area contributed by atoms with Gasteiger partial charge in [0.2, 0.25) is 10.0 Å². The summed E-state index contributed by atoms with van der Waals surface area (Å²) in [6, 6.07) is -0.0373. The Morgan fingerprint density at radius 3 is 2.96 bits per heavy atom. The summed E-state index contributed by atoms with van der Waals surface area (Å²) in [4.78, 5) is 4.39. The first-order chi connectivity index (χ1) is 10.9. The van der Waals surface area contributed by atoms with Crippen molar-refractivity contribution < 1.29 is 18.1 Å². The second kappa shape index (κ2) is 5.19. The fourth-order valence-corrected chi connectivity index (χ4v) is 4.38. The molecule has 0 amide bonds. The van der Waals surface area contributed by atoms with Gasteiger partial charge in [0.05, 0.1) is 18.1 Å². The van der Waals surface area contributed by atoms with Crippen molar-refractivity contribution >= 4 is 28.8 Å². The summed E-state index contributed by atoms with van der Waals surface area (Å²) in [6.07, 6.45) is 9.22. The van der Waals surface area contributed by atoms with E-state index in [4.69, 9.17) is 4.65 Å². The highest BCUT2D eigenvalue weighted by atomic mass is 32.2. The third-order valence-corrected chi connectivity index (χ3v) is 5.34. The number of hydrogen-bond acceptors (Lipinski definition) is 5. The van der Waals surface area contributed by atoms with Crippen molar-refractivity contribution in [2.75, 3.05) is 6.26 Å². The minimum atomic E-state index is -3.18. The lowest BCUT2D eigenvalue weighted by Crippen LogP contribution is -2.44. The lowest BCUT2D eigenvalue weighted by Gasteiger charge is -2.39. The molecule has 1 aromatic rings. The summed E-state index contributed by atoms with van der Waals surface area (Å²) in [6.45, 7) is 0. The Hall–Kier alpha value is -1.64. The van der Waals surface area contributed by atoms with E-state index >= 15 is 0 Å². The molecule has 8 heteroatoms. The van der Waals surface area contributed by atoms with Crippen molar-refractivity contribution in [2.24, 2.45) is 5.92 Å². The highest BCUT2D eigenvalue weighted by molar-refractivity contribution is 7.88. The summed E-state index contributed by atoms with van der Waals surface area (Å²) >= 11 is 0. The normalized spacial score (nSPS) is 25.3. The van der Waals surface area contributed by atoms with Gasteiger partial charge < -0.3 is 9.68 Å². The molecule has 1 fully saturated rings. The molecule has 23 heavy (non-hydrogen) atoms. The number of hydrogen-bond donors (Lipinski definition) is 2. The Labute approximate surface area is 135 Å². The molecule has 1 aromatic heterocycles. The van der Waals surface area contributed by atoms with Crippen LogP contribution in [-0.4, -0.2) is 37.8 Å². The van der Waals surface area contributed by atoms with Crippen molar-refractivity contribution in [1.82, 2.24) is 9.71 Å². The number of rotatable bonds is 3. The highest BCUT2D eigenvalue weighted by Gasteiger charge is 2.39. The van der Waals surface area contributed by atoms with Crippen LogP contribution in [0.5, 0.6) is 5.75 Å². The molecule has 2 aliphatic carbocycles. The van der Waals surface area contributed by atoms with Crippen LogP contribution in [0.15, 0.2) is 18.2 Å². The quantitative estimate of drug-likeness (QED) is 0.799. The van der Waals surface area contributed by atoms with Gasteiger partial charge in [0.1, 0.15) is 5.75 Å². The molecule has 0 atom stereocenters. The van der Waals surface area contributed by atoms with Crippen LogP contribution in [0.2, 0.25) is 0 Å². The van der Waals surface area contributed by atoms with Gasteiger partial charge in [-0.15, -0.1) is 0 Å². The first kappa shape index (κ1) is 14.9. The average molecular weight is 332 g/mol. The van der Waals surface area contributed by atoms with Crippen molar-refractivity contribution in [3.8, 4) is 5.75 Å². The van der Waals surface area contributed by atoms with Crippen LogP contribution >= 0.6 is 0 Å². The van der Waals surface area contributed by atoms with Gasteiger partial charge in [0.15, 0.2) is 0 Å². The molecular weight excluding hydrogens is 315 g/mol. The Kier molecular flexibility index (Phi) is 3.37. The largest absolute Gasteiger partial charge is 0.552 e. The zero-order chi connectivity index (χ0) is 16.2. The van der Waals surface area contributed by atoms with E-state index < -0.39 is 17.1 Å². The van der Waals surface area contributed by atoms with Crippen molar-refractivity contribution in [3.05, 3.63) is 35.1 Å². The van der Waals surface area contributed by atoms with E-state index in [1.807, 2.05) is 6.08 Å². The molecule has 0 spiro atoms. The molecule has 0 unspecified atom stereocenters. The second-order valence-electron chi connectivity index (χ2n) is 6.35. The van der Waals surface area contributed by atoms with Crippen LogP contribution in [0.1, 0.15) is 29.7 Å². The fraction of sp³-hybridized carbons (Fsp3) is 0.400. The molecule has 3 aliphatic rings. The number of aromatic nitrogens is 1. The number of nitrogens with one attached hydrogen (secondary N) is 1. The second-order valence-corrected chi connectivity index (χ2v) is 8.13. The van der Waals surface area contributed by atoms with Crippen LogP contribution in [0.25, 0.3) is 11.6 Å². The van der Waals surface area contributed by atoms with Gasteiger partial charge in [-0.2, -0.15) is 0 Å². The first-order valence-corrected chi connectivity index (χ1v) is 9.52. The van der Waals surface area contributed by atoms with E-state index in [0.29, 0.717) is 5.75 Å². The number of fused-ring (bicyclic) bond motifs is 3. The van der Waals surface area contributed by atoms with Crippen molar-refractivity contribution in [2.45, 2.75) is 25.3 Å². The standard InChI is InChI=1S/C15H17BN2O4S/c1-23(20,21)18-10-5-9(6-10)12-7-16(19)22-14-8-17-13-4-2-3-11(13)15(12)14/h2-3,7-10,18-19H,4-6H2,1H3. The number of nitrogens with zero attached hydrogens (tertiary/aromatic N) is 1. The molecule has 1 aliphatic heterocycles. The molecule has 4 rings (SSSR count). The van der Waals surface area contributed by atoms with E-state index in [-0.39, 0.29) is 12.0 Å².